The minimum atomic E-state index is 0.210. The van der Waals surface area contributed by atoms with Gasteiger partial charge in [-0.15, -0.1) is 0 Å². The van der Waals surface area contributed by atoms with Crippen LogP contribution < -0.4 is 5.32 Å². The molecule has 0 radical (unpaired) electrons. The van der Waals surface area contributed by atoms with Crippen LogP contribution in [0.1, 0.15) is 11.7 Å². The highest BCUT2D eigenvalue weighted by Gasteiger charge is 2.12. The first-order valence-electron chi connectivity index (χ1n) is 5.78. The van der Waals surface area contributed by atoms with E-state index in [0.717, 1.165) is 18.8 Å². The molecular weight excluding hydrogens is 220 g/mol. The fraction of sp³-hybridized carbons (Fsp3) is 0.818. The van der Waals surface area contributed by atoms with Gasteiger partial charge in [0.25, 0.3) is 0 Å². The first-order valence-corrected chi connectivity index (χ1v) is 5.78. The molecule has 0 aliphatic rings. The Kier molecular flexibility index (Phi) is 6.10. The van der Waals surface area contributed by atoms with Crippen molar-refractivity contribution in [1.29, 1.82) is 0 Å². The van der Waals surface area contributed by atoms with Gasteiger partial charge in [0.05, 0.1) is 6.61 Å². The lowest BCUT2D eigenvalue weighted by Crippen LogP contribution is -2.32. The van der Waals surface area contributed by atoms with Crippen LogP contribution >= 0.6 is 0 Å². The maximum Gasteiger partial charge on any atom is 0.228 e. The molecule has 0 aliphatic heterocycles. The molecule has 6 nitrogen and oxygen atoms in total. The molecular formula is C11H22N4O2. The van der Waals surface area contributed by atoms with E-state index in [2.05, 4.69) is 20.4 Å². The lowest BCUT2D eigenvalue weighted by atomic mass is 10.2. The second kappa shape index (κ2) is 7.37. The van der Waals surface area contributed by atoms with Gasteiger partial charge in [0.2, 0.25) is 5.89 Å². The zero-order valence-corrected chi connectivity index (χ0v) is 11.1. The lowest BCUT2D eigenvalue weighted by molar-refractivity contribution is 0.165. The summed E-state index contributed by atoms with van der Waals surface area (Å²) < 4.78 is 10.3. The number of aromatic nitrogens is 2. The summed E-state index contributed by atoms with van der Waals surface area (Å²) in [6.07, 6.45) is 1.50. The molecule has 1 heterocycles. The highest BCUT2D eigenvalue weighted by molar-refractivity contribution is 4.90. The average Bonchev–Trinajstić information content (AvgIpc) is 2.73. The maximum absolute atomic E-state index is 5.20. The van der Waals surface area contributed by atoms with Crippen molar-refractivity contribution in [3.8, 4) is 0 Å². The van der Waals surface area contributed by atoms with Crippen LogP contribution in [0.25, 0.3) is 0 Å². The summed E-state index contributed by atoms with van der Waals surface area (Å²) in [7, 11) is 7.63. The predicted molar refractivity (Wildman–Crippen MR) is 65.0 cm³/mol. The Morgan fingerprint density at radius 1 is 1.47 bits per heavy atom. The Bertz CT molecular complexity index is 314. The van der Waals surface area contributed by atoms with E-state index in [1.807, 2.05) is 21.1 Å². The van der Waals surface area contributed by atoms with Crippen LogP contribution in [0.4, 0.5) is 0 Å². The zero-order valence-electron chi connectivity index (χ0n) is 11.1. The van der Waals surface area contributed by atoms with Gasteiger partial charge in [0.15, 0.2) is 5.82 Å². The molecule has 1 unspecified atom stereocenters. The van der Waals surface area contributed by atoms with E-state index >= 15 is 0 Å². The predicted octanol–water partition coefficient (Wildman–Crippen LogP) is -0.0494. The van der Waals surface area contributed by atoms with Crippen LogP contribution in [0.5, 0.6) is 0 Å². The van der Waals surface area contributed by atoms with Crippen LogP contribution in [0.15, 0.2) is 4.52 Å². The van der Waals surface area contributed by atoms with Gasteiger partial charge in [-0.2, -0.15) is 4.98 Å². The number of nitrogens with one attached hydrogen (secondary N) is 1. The van der Waals surface area contributed by atoms with Gasteiger partial charge in [-0.25, -0.2) is 0 Å². The number of nitrogens with zero attached hydrogens (tertiary/aromatic N) is 3. The molecule has 0 aromatic carbocycles. The minimum absolute atomic E-state index is 0.210. The molecule has 1 aromatic heterocycles. The van der Waals surface area contributed by atoms with E-state index in [-0.39, 0.29) is 6.04 Å². The Balaban J connectivity index is 2.44. The summed E-state index contributed by atoms with van der Waals surface area (Å²) in [5.41, 5.74) is 0. The van der Waals surface area contributed by atoms with Crippen LogP contribution in [-0.2, 0) is 17.6 Å². The fourth-order valence-corrected chi connectivity index (χ4v) is 1.45. The fourth-order valence-electron chi connectivity index (χ4n) is 1.45. The summed E-state index contributed by atoms with van der Waals surface area (Å²) in [4.78, 5) is 6.45. The third kappa shape index (κ3) is 5.25. The van der Waals surface area contributed by atoms with E-state index in [4.69, 9.17) is 9.26 Å². The number of hydrogen-bond acceptors (Lipinski definition) is 6. The minimum Gasteiger partial charge on any atom is -0.383 e. The van der Waals surface area contributed by atoms with Crippen molar-refractivity contribution < 1.29 is 9.26 Å². The van der Waals surface area contributed by atoms with Gasteiger partial charge < -0.3 is 19.5 Å². The molecule has 1 N–H and O–H groups in total. The molecule has 1 rings (SSSR count). The van der Waals surface area contributed by atoms with Crippen molar-refractivity contribution >= 4 is 0 Å². The monoisotopic (exact) mass is 242 g/mol. The van der Waals surface area contributed by atoms with Crippen LogP contribution in [-0.4, -0.2) is 62.5 Å². The lowest BCUT2D eigenvalue weighted by Gasteiger charge is -2.11. The maximum atomic E-state index is 5.20. The third-order valence-corrected chi connectivity index (χ3v) is 2.49. The Labute approximate surface area is 102 Å². The normalized spacial score (nSPS) is 13.2. The molecule has 1 atom stereocenters. The number of hydrogen-bond donors (Lipinski definition) is 1. The molecule has 6 heteroatoms. The molecule has 0 bridgehead atoms. The second-order valence-electron chi connectivity index (χ2n) is 4.30. The molecule has 0 amide bonds. The second-order valence-corrected chi connectivity index (χ2v) is 4.30. The first-order chi connectivity index (χ1) is 8.15. The van der Waals surface area contributed by atoms with Crippen molar-refractivity contribution in [3.05, 3.63) is 11.7 Å². The molecule has 98 valence electrons. The zero-order chi connectivity index (χ0) is 12.7. The molecule has 1 aromatic rings. The standard InChI is InChI=1S/C11H22N4O2/c1-12-9(8-16-4)7-11-13-10(14-17-11)5-6-15(2)3/h9,12H,5-8H2,1-4H3. The largest absolute Gasteiger partial charge is 0.383 e. The topological polar surface area (TPSA) is 63.4 Å². The molecule has 0 spiro atoms. The first kappa shape index (κ1) is 14.1. The molecule has 0 saturated heterocycles. The summed E-state index contributed by atoms with van der Waals surface area (Å²) in [5.74, 6) is 1.43. The third-order valence-electron chi connectivity index (χ3n) is 2.49. The van der Waals surface area contributed by atoms with Crippen LogP contribution in [0.2, 0.25) is 0 Å². The van der Waals surface area contributed by atoms with E-state index < -0.39 is 0 Å². The van der Waals surface area contributed by atoms with E-state index in [1.54, 1.807) is 7.11 Å². The highest BCUT2D eigenvalue weighted by Crippen LogP contribution is 2.03. The number of rotatable bonds is 8. The summed E-state index contributed by atoms with van der Waals surface area (Å²) in [6.45, 7) is 1.55. The summed E-state index contributed by atoms with van der Waals surface area (Å²) in [6, 6.07) is 0.210. The average molecular weight is 242 g/mol. The Morgan fingerprint density at radius 3 is 2.82 bits per heavy atom. The molecule has 0 saturated carbocycles. The smallest absolute Gasteiger partial charge is 0.228 e. The van der Waals surface area contributed by atoms with Crippen LogP contribution in [0.3, 0.4) is 0 Å². The van der Waals surface area contributed by atoms with Crippen molar-refractivity contribution in [2.45, 2.75) is 18.9 Å². The van der Waals surface area contributed by atoms with E-state index in [9.17, 15) is 0 Å². The summed E-state index contributed by atoms with van der Waals surface area (Å²) in [5, 5.41) is 7.10. The van der Waals surface area contributed by atoms with Gasteiger partial charge in [-0.1, -0.05) is 5.16 Å². The van der Waals surface area contributed by atoms with Gasteiger partial charge in [-0.3, -0.25) is 0 Å². The van der Waals surface area contributed by atoms with Crippen LogP contribution in [0, 0.1) is 0 Å². The molecule has 0 fully saturated rings. The van der Waals surface area contributed by atoms with Gasteiger partial charge >= 0.3 is 0 Å². The Morgan fingerprint density at radius 2 is 2.24 bits per heavy atom. The van der Waals surface area contributed by atoms with Crippen molar-refractivity contribution in [2.24, 2.45) is 0 Å². The van der Waals surface area contributed by atoms with Gasteiger partial charge in [0.1, 0.15) is 0 Å². The van der Waals surface area contributed by atoms with E-state index in [1.165, 1.54) is 0 Å². The molecule has 17 heavy (non-hydrogen) atoms. The quantitative estimate of drug-likeness (QED) is 0.689. The SMILES string of the molecule is CNC(COC)Cc1nc(CCN(C)C)no1. The van der Waals surface area contributed by atoms with Crippen molar-refractivity contribution in [3.63, 3.8) is 0 Å². The summed E-state index contributed by atoms with van der Waals surface area (Å²) >= 11 is 0. The van der Waals surface area contributed by atoms with Gasteiger partial charge in [0, 0.05) is 32.5 Å². The number of methoxy groups -OCH3 is 1. The Hall–Kier alpha value is -0.980. The van der Waals surface area contributed by atoms with Crippen molar-refractivity contribution in [2.75, 3.05) is 41.4 Å². The van der Waals surface area contributed by atoms with Crippen molar-refractivity contribution in [1.82, 2.24) is 20.4 Å². The van der Waals surface area contributed by atoms with Gasteiger partial charge in [-0.05, 0) is 21.1 Å². The van der Waals surface area contributed by atoms with E-state index in [0.29, 0.717) is 18.9 Å². The number of likely N-dealkylation sites (N-methyl/N-ethyl adjacent to an activating group) is 2. The highest BCUT2D eigenvalue weighted by atomic mass is 16.5. The number of ether oxygens (including phenoxy) is 1. The molecule has 0 aliphatic carbocycles.